The van der Waals surface area contributed by atoms with Gasteiger partial charge in [-0.2, -0.15) is 0 Å². The molecule has 172 valence electrons. The fourth-order valence-corrected chi connectivity index (χ4v) is 1.90. The van der Waals surface area contributed by atoms with Crippen molar-refractivity contribution in [2.24, 2.45) is 11.7 Å². The molecule has 0 fully saturated rings. The number of halogens is 1. The standard InChI is InChI=1S/C9H16FN3O4.C8H10O.C4H10/c10-3-7(15)6(1-2-8(11)16)13-9(17)4-12-5-14;1-9-7-8-5-3-2-4-6-8;1-4(2)3/h5-7,15H,1-4H2,(H2,11,16)(H,12,14)(H,13,17);2-6H,7H2,1H3;4H,1-3H3. The fraction of sp³-hybridized carbons (Fsp3) is 0.571. The van der Waals surface area contributed by atoms with Crippen LogP contribution in [-0.2, 0) is 25.7 Å². The summed E-state index contributed by atoms with van der Waals surface area (Å²) in [5, 5.41) is 13.7. The highest BCUT2D eigenvalue weighted by atomic mass is 19.1. The third-order valence-electron chi connectivity index (χ3n) is 3.17. The lowest BCUT2D eigenvalue weighted by Crippen LogP contribution is -2.47. The summed E-state index contributed by atoms with van der Waals surface area (Å²) in [5.74, 6) is -0.361. The number of rotatable bonds is 11. The van der Waals surface area contributed by atoms with E-state index in [1.165, 1.54) is 5.56 Å². The molecule has 0 aromatic heterocycles. The molecule has 2 unspecified atom stereocenters. The van der Waals surface area contributed by atoms with E-state index in [0.29, 0.717) is 13.0 Å². The van der Waals surface area contributed by atoms with Gasteiger partial charge in [0, 0.05) is 13.5 Å². The number of benzene rings is 1. The van der Waals surface area contributed by atoms with Gasteiger partial charge >= 0.3 is 0 Å². The maximum Gasteiger partial charge on any atom is 0.239 e. The van der Waals surface area contributed by atoms with Crippen LogP contribution < -0.4 is 16.4 Å². The van der Waals surface area contributed by atoms with E-state index in [0.717, 1.165) is 5.92 Å². The molecule has 0 heterocycles. The van der Waals surface area contributed by atoms with Crippen molar-refractivity contribution in [1.82, 2.24) is 10.6 Å². The number of primary amides is 1. The minimum absolute atomic E-state index is 0.0350. The molecule has 0 saturated heterocycles. The second-order valence-corrected chi connectivity index (χ2v) is 7.05. The zero-order valence-corrected chi connectivity index (χ0v) is 18.3. The number of aliphatic hydroxyl groups is 1. The number of hydrogen-bond donors (Lipinski definition) is 4. The molecule has 3 amide bonds. The van der Waals surface area contributed by atoms with E-state index in [1.807, 2.05) is 30.3 Å². The van der Waals surface area contributed by atoms with E-state index in [9.17, 15) is 23.9 Å². The SMILES string of the molecule is CC(C)C.COCc1ccccc1.NC(=O)CCC(NC(=O)CNC=O)C(O)CF. The summed E-state index contributed by atoms with van der Waals surface area (Å²) >= 11 is 0. The van der Waals surface area contributed by atoms with E-state index in [2.05, 4.69) is 31.4 Å². The molecule has 5 N–H and O–H groups in total. The Morgan fingerprint density at radius 3 is 2.23 bits per heavy atom. The second kappa shape index (κ2) is 19.8. The summed E-state index contributed by atoms with van der Waals surface area (Å²) in [4.78, 5) is 31.7. The molecule has 1 rings (SSSR count). The summed E-state index contributed by atoms with van der Waals surface area (Å²) < 4.78 is 17.2. The minimum atomic E-state index is -1.41. The van der Waals surface area contributed by atoms with Gasteiger partial charge < -0.3 is 26.2 Å². The number of alkyl halides is 1. The predicted octanol–water partition coefficient (Wildman–Crippen LogP) is 1.31. The van der Waals surface area contributed by atoms with Gasteiger partial charge in [-0.3, -0.25) is 14.4 Å². The molecule has 0 aliphatic carbocycles. The molecule has 1 aromatic carbocycles. The first kappa shape index (κ1) is 29.7. The number of aliphatic hydroxyl groups excluding tert-OH is 1. The van der Waals surface area contributed by atoms with Crippen LogP contribution in [0.2, 0.25) is 0 Å². The number of carbonyl (C=O) groups excluding carboxylic acids is 3. The van der Waals surface area contributed by atoms with Crippen molar-refractivity contribution in [1.29, 1.82) is 0 Å². The normalized spacial score (nSPS) is 11.7. The Morgan fingerprint density at radius 2 is 1.80 bits per heavy atom. The lowest BCUT2D eigenvalue weighted by Gasteiger charge is -2.21. The molecule has 0 spiro atoms. The number of carbonyl (C=O) groups is 3. The minimum Gasteiger partial charge on any atom is -0.388 e. The summed E-state index contributed by atoms with van der Waals surface area (Å²) in [6.07, 6.45) is -1.12. The van der Waals surface area contributed by atoms with Gasteiger partial charge in [-0.15, -0.1) is 0 Å². The highest BCUT2D eigenvalue weighted by Gasteiger charge is 2.21. The van der Waals surface area contributed by atoms with Gasteiger partial charge in [-0.05, 0) is 17.9 Å². The van der Waals surface area contributed by atoms with Crippen molar-refractivity contribution in [2.75, 3.05) is 20.3 Å². The maximum atomic E-state index is 12.3. The van der Waals surface area contributed by atoms with Gasteiger partial charge in [0.2, 0.25) is 18.2 Å². The van der Waals surface area contributed by atoms with Crippen molar-refractivity contribution in [3.63, 3.8) is 0 Å². The Hall–Kier alpha value is -2.52. The largest absolute Gasteiger partial charge is 0.388 e. The average molecular weight is 430 g/mol. The molecule has 1 aromatic rings. The molecule has 2 atom stereocenters. The molecular formula is C21H36FN3O5. The van der Waals surface area contributed by atoms with Crippen LogP contribution in [0, 0.1) is 5.92 Å². The fourth-order valence-electron chi connectivity index (χ4n) is 1.90. The van der Waals surface area contributed by atoms with Gasteiger partial charge in [0.05, 0.1) is 19.2 Å². The third-order valence-corrected chi connectivity index (χ3v) is 3.17. The predicted molar refractivity (Wildman–Crippen MR) is 114 cm³/mol. The number of ether oxygens (including phenoxy) is 1. The molecule has 0 aliphatic heterocycles. The van der Waals surface area contributed by atoms with Crippen molar-refractivity contribution in [3.05, 3.63) is 35.9 Å². The summed E-state index contributed by atoms with van der Waals surface area (Å²) in [5.41, 5.74) is 6.13. The maximum absolute atomic E-state index is 12.3. The molecule has 8 nitrogen and oxygen atoms in total. The van der Waals surface area contributed by atoms with Crippen LogP contribution in [0.3, 0.4) is 0 Å². The van der Waals surface area contributed by atoms with Crippen LogP contribution in [0.15, 0.2) is 30.3 Å². The number of nitrogens with one attached hydrogen (secondary N) is 2. The third kappa shape index (κ3) is 20.2. The van der Waals surface area contributed by atoms with Gasteiger partial charge in [0.1, 0.15) is 12.8 Å². The van der Waals surface area contributed by atoms with E-state index in [-0.39, 0.29) is 19.4 Å². The van der Waals surface area contributed by atoms with E-state index in [4.69, 9.17) is 10.5 Å². The van der Waals surface area contributed by atoms with Crippen molar-refractivity contribution >= 4 is 18.2 Å². The first-order chi connectivity index (χ1) is 14.2. The van der Waals surface area contributed by atoms with Crippen LogP contribution in [-0.4, -0.2) is 55.8 Å². The van der Waals surface area contributed by atoms with Crippen molar-refractivity contribution in [2.45, 2.75) is 52.4 Å². The van der Waals surface area contributed by atoms with Gasteiger partial charge in [0.15, 0.2) is 0 Å². The van der Waals surface area contributed by atoms with Crippen LogP contribution in [0.25, 0.3) is 0 Å². The van der Waals surface area contributed by atoms with Gasteiger partial charge in [0.25, 0.3) is 0 Å². The van der Waals surface area contributed by atoms with E-state index in [1.54, 1.807) is 7.11 Å². The first-order valence-corrected chi connectivity index (χ1v) is 9.69. The van der Waals surface area contributed by atoms with Crippen LogP contribution >= 0.6 is 0 Å². The summed E-state index contributed by atoms with van der Waals surface area (Å²) in [6, 6.07) is 9.20. The molecule has 9 heteroatoms. The Bertz CT molecular complexity index is 570. The lowest BCUT2D eigenvalue weighted by atomic mass is 10.1. The molecule has 0 aliphatic rings. The van der Waals surface area contributed by atoms with Gasteiger partial charge in [-0.25, -0.2) is 4.39 Å². The smallest absolute Gasteiger partial charge is 0.239 e. The lowest BCUT2D eigenvalue weighted by molar-refractivity contribution is -0.124. The number of methoxy groups -OCH3 is 1. The Balaban J connectivity index is 0. The first-order valence-electron chi connectivity index (χ1n) is 9.69. The second-order valence-electron chi connectivity index (χ2n) is 7.05. The number of nitrogens with two attached hydrogens (primary N) is 1. The van der Waals surface area contributed by atoms with E-state index >= 15 is 0 Å². The zero-order valence-electron chi connectivity index (χ0n) is 18.3. The average Bonchev–Trinajstić information content (AvgIpc) is 2.70. The monoisotopic (exact) mass is 429 g/mol. The van der Waals surface area contributed by atoms with Crippen molar-refractivity contribution < 1.29 is 28.6 Å². The summed E-state index contributed by atoms with van der Waals surface area (Å²) in [6.45, 7) is 5.88. The quantitative estimate of drug-likeness (QED) is 0.394. The highest BCUT2D eigenvalue weighted by Crippen LogP contribution is 2.03. The molecule has 0 bridgehead atoms. The Labute approximate surface area is 178 Å². The van der Waals surface area contributed by atoms with Crippen molar-refractivity contribution in [3.8, 4) is 0 Å². The number of amides is 3. The van der Waals surface area contributed by atoms with Crippen LogP contribution in [0.1, 0.15) is 39.2 Å². The molecule has 0 saturated carbocycles. The molecule has 0 radical (unpaired) electrons. The Morgan fingerprint density at radius 1 is 1.23 bits per heavy atom. The molecular weight excluding hydrogens is 393 g/mol. The summed E-state index contributed by atoms with van der Waals surface area (Å²) in [7, 11) is 1.70. The Kier molecular flexibility index (Phi) is 19.6. The number of hydrogen-bond acceptors (Lipinski definition) is 5. The highest BCUT2D eigenvalue weighted by molar-refractivity contribution is 5.80. The van der Waals surface area contributed by atoms with E-state index < -0.39 is 30.6 Å². The molecule has 30 heavy (non-hydrogen) atoms. The van der Waals surface area contributed by atoms with Gasteiger partial charge in [-0.1, -0.05) is 51.1 Å². The topological polar surface area (TPSA) is 131 Å². The van der Waals surface area contributed by atoms with Crippen LogP contribution in [0.4, 0.5) is 4.39 Å². The zero-order chi connectivity index (χ0) is 23.4. The van der Waals surface area contributed by atoms with Crippen LogP contribution in [0.5, 0.6) is 0 Å².